The van der Waals surface area contributed by atoms with Crippen LogP contribution in [-0.4, -0.2) is 49.8 Å². The van der Waals surface area contributed by atoms with E-state index in [9.17, 15) is 0 Å². The first-order valence-electron chi connectivity index (χ1n) is 6.50. The van der Waals surface area contributed by atoms with Crippen molar-refractivity contribution >= 4 is 0 Å². The van der Waals surface area contributed by atoms with E-state index in [1.54, 1.807) is 7.11 Å². The van der Waals surface area contributed by atoms with Crippen LogP contribution in [0.3, 0.4) is 0 Å². The van der Waals surface area contributed by atoms with Gasteiger partial charge in [-0.1, -0.05) is 20.8 Å². The molecule has 3 nitrogen and oxygen atoms in total. The van der Waals surface area contributed by atoms with Gasteiger partial charge in [-0.25, -0.2) is 0 Å². The number of likely N-dealkylation sites (N-methyl/N-ethyl adjacent to an activating group) is 1. The van der Waals surface area contributed by atoms with E-state index in [1.165, 1.54) is 6.42 Å². The van der Waals surface area contributed by atoms with Crippen LogP contribution in [0.1, 0.15) is 41.0 Å². The smallest absolute Gasteiger partial charge is 0.0615 e. The van der Waals surface area contributed by atoms with E-state index in [1.807, 2.05) is 0 Å². The first kappa shape index (κ1) is 15.9. The lowest BCUT2D eigenvalue weighted by molar-refractivity contribution is 0.0755. The van der Waals surface area contributed by atoms with Crippen molar-refractivity contribution in [3.8, 4) is 0 Å². The summed E-state index contributed by atoms with van der Waals surface area (Å²) in [5.74, 6) is 0. The van der Waals surface area contributed by atoms with Crippen LogP contribution in [-0.2, 0) is 4.74 Å². The van der Waals surface area contributed by atoms with Crippen LogP contribution in [0, 0.1) is 0 Å². The summed E-state index contributed by atoms with van der Waals surface area (Å²) in [5, 5.41) is 3.47. The van der Waals surface area contributed by atoms with Crippen LogP contribution in [0.15, 0.2) is 0 Å². The molecule has 2 unspecified atom stereocenters. The van der Waals surface area contributed by atoms with E-state index in [0.717, 1.165) is 19.7 Å². The maximum atomic E-state index is 5.22. The Bertz CT molecular complexity index is 162. The summed E-state index contributed by atoms with van der Waals surface area (Å²) in [6, 6.07) is 1.70. The second-order valence-electron chi connectivity index (χ2n) is 4.88. The molecule has 0 aromatic rings. The molecule has 2 atom stereocenters. The Hall–Kier alpha value is -0.120. The zero-order valence-electron chi connectivity index (χ0n) is 11.9. The summed E-state index contributed by atoms with van der Waals surface area (Å²) in [7, 11) is 1.77. The van der Waals surface area contributed by atoms with E-state index in [2.05, 4.69) is 44.8 Å². The quantitative estimate of drug-likeness (QED) is 0.656. The lowest BCUT2D eigenvalue weighted by Crippen LogP contribution is -2.43. The Morgan fingerprint density at radius 1 is 1.12 bits per heavy atom. The molecule has 0 aromatic heterocycles. The Morgan fingerprint density at radius 3 is 2.19 bits per heavy atom. The van der Waals surface area contributed by atoms with Gasteiger partial charge in [-0.15, -0.1) is 0 Å². The SMILES string of the molecule is CCN(C(C)CCNC(C)C)C(C)COC. The number of ether oxygens (including phenoxy) is 1. The molecule has 3 heteroatoms. The van der Waals surface area contributed by atoms with Crippen molar-refractivity contribution in [1.29, 1.82) is 0 Å². The van der Waals surface area contributed by atoms with E-state index >= 15 is 0 Å². The number of nitrogens with zero attached hydrogens (tertiary/aromatic N) is 1. The van der Waals surface area contributed by atoms with Crippen molar-refractivity contribution in [3.63, 3.8) is 0 Å². The van der Waals surface area contributed by atoms with Gasteiger partial charge in [-0.2, -0.15) is 0 Å². The number of nitrogens with one attached hydrogen (secondary N) is 1. The first-order chi connectivity index (χ1) is 7.52. The normalized spacial score (nSPS) is 15.8. The highest BCUT2D eigenvalue weighted by atomic mass is 16.5. The van der Waals surface area contributed by atoms with Crippen LogP contribution in [0.2, 0.25) is 0 Å². The van der Waals surface area contributed by atoms with E-state index in [-0.39, 0.29) is 0 Å². The Labute approximate surface area is 102 Å². The molecular formula is C13H30N2O. The van der Waals surface area contributed by atoms with Crippen LogP contribution in [0.5, 0.6) is 0 Å². The average molecular weight is 230 g/mol. The molecule has 0 radical (unpaired) electrons. The predicted molar refractivity (Wildman–Crippen MR) is 70.9 cm³/mol. The fraction of sp³-hybridized carbons (Fsp3) is 1.00. The molecule has 0 heterocycles. The van der Waals surface area contributed by atoms with Gasteiger partial charge in [0.2, 0.25) is 0 Å². The van der Waals surface area contributed by atoms with Crippen LogP contribution in [0.4, 0.5) is 0 Å². The van der Waals surface area contributed by atoms with E-state index < -0.39 is 0 Å². The van der Waals surface area contributed by atoms with Gasteiger partial charge in [0.05, 0.1) is 6.61 Å². The molecule has 0 aliphatic heterocycles. The molecule has 0 aliphatic carbocycles. The number of hydrogen-bond donors (Lipinski definition) is 1. The maximum absolute atomic E-state index is 5.22. The van der Waals surface area contributed by atoms with Gasteiger partial charge >= 0.3 is 0 Å². The second kappa shape index (κ2) is 8.97. The summed E-state index contributed by atoms with van der Waals surface area (Å²) < 4.78 is 5.22. The van der Waals surface area contributed by atoms with Crippen molar-refractivity contribution in [2.24, 2.45) is 0 Å². The summed E-state index contributed by atoms with van der Waals surface area (Å²) in [6.45, 7) is 14.1. The molecule has 1 N–H and O–H groups in total. The molecule has 0 rings (SSSR count). The van der Waals surface area contributed by atoms with Crippen molar-refractivity contribution < 1.29 is 4.74 Å². The minimum atomic E-state index is 0.504. The standard InChI is InChI=1S/C13H30N2O/c1-7-15(13(5)10-16-6)12(4)8-9-14-11(2)3/h11-14H,7-10H2,1-6H3. The molecule has 0 spiro atoms. The molecule has 0 fully saturated rings. The Morgan fingerprint density at radius 2 is 1.75 bits per heavy atom. The molecule has 0 amide bonds. The molecule has 98 valence electrons. The lowest BCUT2D eigenvalue weighted by Gasteiger charge is -2.33. The van der Waals surface area contributed by atoms with Crippen LogP contribution < -0.4 is 5.32 Å². The number of methoxy groups -OCH3 is 1. The van der Waals surface area contributed by atoms with Gasteiger partial charge in [-0.3, -0.25) is 4.90 Å². The van der Waals surface area contributed by atoms with E-state index in [4.69, 9.17) is 4.74 Å². The highest BCUT2D eigenvalue weighted by Crippen LogP contribution is 2.08. The van der Waals surface area contributed by atoms with Crippen molar-refractivity contribution in [1.82, 2.24) is 10.2 Å². The van der Waals surface area contributed by atoms with Gasteiger partial charge in [0.1, 0.15) is 0 Å². The van der Waals surface area contributed by atoms with Gasteiger partial charge in [-0.05, 0) is 33.4 Å². The molecule has 0 aromatic carbocycles. The van der Waals surface area contributed by atoms with Crippen LogP contribution in [0.25, 0.3) is 0 Å². The van der Waals surface area contributed by atoms with Gasteiger partial charge in [0.25, 0.3) is 0 Å². The van der Waals surface area contributed by atoms with Crippen molar-refractivity contribution in [2.45, 2.75) is 59.2 Å². The third kappa shape index (κ3) is 6.46. The van der Waals surface area contributed by atoms with Gasteiger partial charge < -0.3 is 10.1 Å². The first-order valence-corrected chi connectivity index (χ1v) is 6.50. The summed E-state index contributed by atoms with van der Waals surface area (Å²) in [5.41, 5.74) is 0. The predicted octanol–water partition coefficient (Wildman–Crippen LogP) is 2.12. The largest absolute Gasteiger partial charge is 0.383 e. The summed E-state index contributed by atoms with van der Waals surface area (Å²) in [6.07, 6.45) is 1.19. The van der Waals surface area contributed by atoms with Gasteiger partial charge in [0, 0.05) is 25.2 Å². The lowest BCUT2D eigenvalue weighted by atomic mass is 10.1. The fourth-order valence-electron chi connectivity index (χ4n) is 2.14. The van der Waals surface area contributed by atoms with Gasteiger partial charge in [0.15, 0.2) is 0 Å². The molecular weight excluding hydrogens is 200 g/mol. The molecule has 0 aliphatic rings. The topological polar surface area (TPSA) is 24.5 Å². The Kier molecular flexibility index (Phi) is 8.90. The third-order valence-corrected chi connectivity index (χ3v) is 3.02. The Balaban J connectivity index is 3.94. The highest BCUT2D eigenvalue weighted by Gasteiger charge is 2.17. The van der Waals surface area contributed by atoms with Crippen molar-refractivity contribution in [2.75, 3.05) is 26.8 Å². The number of rotatable bonds is 9. The molecule has 0 saturated carbocycles. The summed E-state index contributed by atoms with van der Waals surface area (Å²) >= 11 is 0. The monoisotopic (exact) mass is 230 g/mol. The molecule has 0 bridgehead atoms. The maximum Gasteiger partial charge on any atom is 0.0615 e. The van der Waals surface area contributed by atoms with Crippen LogP contribution >= 0.6 is 0 Å². The highest BCUT2D eigenvalue weighted by molar-refractivity contribution is 4.73. The zero-order valence-corrected chi connectivity index (χ0v) is 11.9. The molecule has 16 heavy (non-hydrogen) atoms. The zero-order chi connectivity index (χ0) is 12.6. The minimum Gasteiger partial charge on any atom is -0.383 e. The number of hydrogen-bond acceptors (Lipinski definition) is 3. The molecule has 0 saturated heterocycles. The van der Waals surface area contributed by atoms with Crippen molar-refractivity contribution in [3.05, 3.63) is 0 Å². The minimum absolute atomic E-state index is 0.504. The second-order valence-corrected chi connectivity index (χ2v) is 4.88. The van der Waals surface area contributed by atoms with E-state index in [0.29, 0.717) is 18.1 Å². The fourth-order valence-corrected chi connectivity index (χ4v) is 2.14. The third-order valence-electron chi connectivity index (χ3n) is 3.02. The average Bonchev–Trinajstić information content (AvgIpc) is 2.18. The summed E-state index contributed by atoms with van der Waals surface area (Å²) in [4.78, 5) is 2.51.